The predicted octanol–water partition coefficient (Wildman–Crippen LogP) is 2.28. The first-order valence-electron chi connectivity index (χ1n) is 8.09. The number of likely N-dealkylation sites (tertiary alicyclic amines) is 1. The van der Waals surface area contributed by atoms with Crippen LogP contribution in [0.15, 0.2) is 36.4 Å². The largest absolute Gasteiger partial charge is 0.484 e. The molecule has 1 saturated heterocycles. The van der Waals surface area contributed by atoms with Crippen LogP contribution in [0.4, 0.5) is 5.82 Å². The Morgan fingerprint density at radius 2 is 2.08 bits per heavy atom. The molecule has 0 radical (unpaired) electrons. The molecule has 1 fully saturated rings. The van der Waals surface area contributed by atoms with Gasteiger partial charge in [-0.1, -0.05) is 18.2 Å². The lowest BCUT2D eigenvalue weighted by Gasteiger charge is -2.34. The summed E-state index contributed by atoms with van der Waals surface area (Å²) in [5, 5.41) is 0. The van der Waals surface area contributed by atoms with E-state index >= 15 is 0 Å². The lowest BCUT2D eigenvalue weighted by atomic mass is 9.97. The fourth-order valence-electron chi connectivity index (χ4n) is 3.17. The topological polar surface area (TPSA) is 81.3 Å². The summed E-state index contributed by atoms with van der Waals surface area (Å²) < 4.78 is 5.60. The van der Waals surface area contributed by atoms with Crippen molar-refractivity contribution in [3.05, 3.63) is 47.9 Å². The molecule has 3 rings (SSSR count). The molecule has 1 aromatic carbocycles. The first kappa shape index (κ1) is 16.2. The third kappa shape index (κ3) is 3.18. The summed E-state index contributed by atoms with van der Waals surface area (Å²) in [6.45, 7) is 4.55. The molecule has 1 amide bonds. The van der Waals surface area contributed by atoms with E-state index in [2.05, 4.69) is 9.97 Å². The lowest BCUT2D eigenvalue weighted by molar-refractivity contribution is -0.137. The van der Waals surface area contributed by atoms with E-state index in [1.807, 2.05) is 49.1 Å². The van der Waals surface area contributed by atoms with Gasteiger partial charge < -0.3 is 15.4 Å². The third-order valence-corrected chi connectivity index (χ3v) is 4.40. The zero-order valence-corrected chi connectivity index (χ0v) is 14.0. The van der Waals surface area contributed by atoms with Gasteiger partial charge in [-0.2, -0.15) is 0 Å². The summed E-state index contributed by atoms with van der Waals surface area (Å²) in [7, 11) is 0. The number of carbonyl (C=O) groups excluding carboxylic acids is 1. The number of nitrogen functional groups attached to an aromatic ring is 1. The Hall–Kier alpha value is -2.63. The van der Waals surface area contributed by atoms with E-state index in [0.717, 1.165) is 18.5 Å². The minimum absolute atomic E-state index is 0.000894. The van der Waals surface area contributed by atoms with Gasteiger partial charge in [0.05, 0.1) is 0 Å². The molecule has 1 aliphatic rings. The number of anilines is 1. The minimum Gasteiger partial charge on any atom is -0.484 e. The third-order valence-electron chi connectivity index (χ3n) is 4.40. The summed E-state index contributed by atoms with van der Waals surface area (Å²) in [5.41, 5.74) is 6.12. The summed E-state index contributed by atoms with van der Waals surface area (Å²) >= 11 is 0. The Morgan fingerprint density at radius 1 is 1.33 bits per heavy atom. The van der Waals surface area contributed by atoms with E-state index in [-0.39, 0.29) is 12.5 Å². The number of hydrogen-bond acceptors (Lipinski definition) is 5. The average Bonchev–Trinajstić information content (AvgIpc) is 2.96. The summed E-state index contributed by atoms with van der Waals surface area (Å²) in [6, 6.07) is 11.1. The molecule has 0 bridgehead atoms. The predicted molar refractivity (Wildman–Crippen MR) is 91.4 cm³/mol. The number of nitrogens with two attached hydrogens (primary N) is 1. The lowest BCUT2D eigenvalue weighted by Crippen LogP contribution is -2.46. The number of ether oxygens (including phenoxy) is 1. The average molecular weight is 326 g/mol. The van der Waals surface area contributed by atoms with Gasteiger partial charge >= 0.3 is 0 Å². The number of rotatable bonds is 4. The number of para-hydroxylation sites is 1. The van der Waals surface area contributed by atoms with Crippen LogP contribution in [-0.2, 0) is 10.3 Å². The molecule has 0 spiro atoms. The highest BCUT2D eigenvalue weighted by Crippen LogP contribution is 2.37. The number of hydrogen-bond donors (Lipinski definition) is 1. The normalized spacial score (nSPS) is 20.2. The van der Waals surface area contributed by atoms with Crippen molar-refractivity contribution in [2.75, 3.05) is 18.9 Å². The van der Waals surface area contributed by atoms with Gasteiger partial charge in [-0.15, -0.1) is 0 Å². The van der Waals surface area contributed by atoms with E-state index in [4.69, 9.17) is 10.5 Å². The second kappa shape index (κ2) is 6.47. The fourth-order valence-corrected chi connectivity index (χ4v) is 3.17. The van der Waals surface area contributed by atoms with E-state index in [9.17, 15) is 4.79 Å². The molecular formula is C18H22N4O2. The molecule has 1 aliphatic heterocycles. The summed E-state index contributed by atoms with van der Waals surface area (Å²) in [4.78, 5) is 23.4. The van der Waals surface area contributed by atoms with Crippen molar-refractivity contribution < 1.29 is 9.53 Å². The standard InChI is InChI=1S/C18H22N4O2/c1-13-11-15(19)21-17(20-13)18(2)9-6-10-22(18)16(23)12-24-14-7-4-3-5-8-14/h3-5,7-8,11H,6,9-10,12H2,1-2H3,(H2,19,20,21)/t18-/m0/s1. The number of nitrogens with zero attached hydrogens (tertiary/aromatic N) is 3. The van der Waals surface area contributed by atoms with Crippen LogP contribution in [0.2, 0.25) is 0 Å². The van der Waals surface area contributed by atoms with Crippen LogP contribution in [0.1, 0.15) is 31.3 Å². The van der Waals surface area contributed by atoms with Crippen molar-refractivity contribution >= 4 is 11.7 Å². The maximum Gasteiger partial charge on any atom is 0.261 e. The van der Waals surface area contributed by atoms with Crippen LogP contribution in [0.3, 0.4) is 0 Å². The van der Waals surface area contributed by atoms with Crippen molar-refractivity contribution in [2.45, 2.75) is 32.2 Å². The molecule has 126 valence electrons. The molecule has 24 heavy (non-hydrogen) atoms. The van der Waals surface area contributed by atoms with Crippen LogP contribution in [-0.4, -0.2) is 33.9 Å². The molecule has 6 nitrogen and oxygen atoms in total. The molecule has 2 heterocycles. The molecule has 0 saturated carbocycles. The highest BCUT2D eigenvalue weighted by Gasteiger charge is 2.43. The zero-order chi connectivity index (χ0) is 17.2. The molecule has 2 N–H and O–H groups in total. The molecule has 2 aromatic rings. The second-order valence-corrected chi connectivity index (χ2v) is 6.28. The van der Waals surface area contributed by atoms with Crippen molar-refractivity contribution in [2.24, 2.45) is 0 Å². The minimum atomic E-state index is -0.544. The van der Waals surface area contributed by atoms with E-state index in [1.54, 1.807) is 6.07 Å². The Labute approximate surface area is 141 Å². The van der Waals surface area contributed by atoms with E-state index in [0.29, 0.717) is 23.9 Å². The van der Waals surface area contributed by atoms with Gasteiger partial charge in [0.2, 0.25) is 0 Å². The number of aryl methyl sites for hydroxylation is 1. The van der Waals surface area contributed by atoms with Gasteiger partial charge in [0, 0.05) is 18.3 Å². The second-order valence-electron chi connectivity index (χ2n) is 6.28. The number of benzene rings is 1. The van der Waals surface area contributed by atoms with Gasteiger partial charge in [0.25, 0.3) is 5.91 Å². The Bertz CT molecular complexity index is 715. The molecular weight excluding hydrogens is 304 g/mol. The van der Waals surface area contributed by atoms with Gasteiger partial charge in [-0.3, -0.25) is 4.79 Å². The van der Waals surface area contributed by atoms with Gasteiger partial charge in [0.1, 0.15) is 17.1 Å². The molecule has 0 unspecified atom stereocenters. The monoisotopic (exact) mass is 326 g/mol. The van der Waals surface area contributed by atoms with Crippen LogP contribution >= 0.6 is 0 Å². The first-order chi connectivity index (χ1) is 11.5. The van der Waals surface area contributed by atoms with Crippen molar-refractivity contribution in [1.29, 1.82) is 0 Å². The number of carbonyl (C=O) groups is 1. The fraction of sp³-hybridized carbons (Fsp3) is 0.389. The molecule has 0 aliphatic carbocycles. The number of amides is 1. The quantitative estimate of drug-likeness (QED) is 0.932. The number of aromatic nitrogens is 2. The van der Waals surface area contributed by atoms with Crippen LogP contribution < -0.4 is 10.5 Å². The smallest absolute Gasteiger partial charge is 0.261 e. The van der Waals surface area contributed by atoms with Crippen LogP contribution in [0.5, 0.6) is 5.75 Å². The van der Waals surface area contributed by atoms with Crippen molar-refractivity contribution in [3.63, 3.8) is 0 Å². The molecule has 6 heteroatoms. The Morgan fingerprint density at radius 3 is 2.79 bits per heavy atom. The van der Waals surface area contributed by atoms with Gasteiger partial charge in [0.15, 0.2) is 12.4 Å². The van der Waals surface area contributed by atoms with Crippen molar-refractivity contribution in [3.8, 4) is 5.75 Å². The van der Waals surface area contributed by atoms with E-state index in [1.165, 1.54) is 0 Å². The van der Waals surface area contributed by atoms with Gasteiger partial charge in [-0.25, -0.2) is 9.97 Å². The maximum atomic E-state index is 12.7. The van der Waals surface area contributed by atoms with Crippen molar-refractivity contribution in [1.82, 2.24) is 14.9 Å². The summed E-state index contributed by atoms with van der Waals surface area (Å²) in [6.07, 6.45) is 1.72. The van der Waals surface area contributed by atoms with Crippen LogP contribution in [0, 0.1) is 6.92 Å². The molecule has 1 aromatic heterocycles. The molecule has 1 atom stereocenters. The summed E-state index contributed by atoms with van der Waals surface area (Å²) in [5.74, 6) is 1.65. The van der Waals surface area contributed by atoms with E-state index < -0.39 is 5.54 Å². The Balaban J connectivity index is 1.77. The van der Waals surface area contributed by atoms with Crippen LogP contribution in [0.25, 0.3) is 0 Å². The zero-order valence-electron chi connectivity index (χ0n) is 14.0. The highest BCUT2D eigenvalue weighted by molar-refractivity contribution is 5.79. The maximum absolute atomic E-state index is 12.7. The first-order valence-corrected chi connectivity index (χ1v) is 8.09. The Kier molecular flexibility index (Phi) is 4.38. The SMILES string of the molecule is Cc1cc(N)nc([C@]2(C)CCCN2C(=O)COc2ccccc2)n1. The highest BCUT2D eigenvalue weighted by atomic mass is 16.5. The van der Waals surface area contributed by atoms with Gasteiger partial charge in [-0.05, 0) is 38.8 Å².